The first kappa shape index (κ1) is 19.1. The molecule has 0 saturated heterocycles. The molecule has 0 bridgehead atoms. The number of sulfonamides is 1. The first-order chi connectivity index (χ1) is 11.6. The highest BCUT2D eigenvalue weighted by Crippen LogP contribution is 2.21. The van der Waals surface area contributed by atoms with Crippen LogP contribution in [0.5, 0.6) is 0 Å². The number of nitrogens with one attached hydrogen (secondary N) is 2. The fourth-order valence-electron chi connectivity index (χ4n) is 2.44. The molecule has 2 N–H and O–H groups in total. The first-order valence-corrected chi connectivity index (χ1v) is 9.63. The summed E-state index contributed by atoms with van der Waals surface area (Å²) in [5, 5.41) is 2.80. The van der Waals surface area contributed by atoms with Crippen molar-refractivity contribution in [2.75, 3.05) is 11.6 Å². The van der Waals surface area contributed by atoms with E-state index in [4.69, 9.17) is 0 Å². The van der Waals surface area contributed by atoms with Gasteiger partial charge in [-0.15, -0.1) is 0 Å². The summed E-state index contributed by atoms with van der Waals surface area (Å²) in [5.41, 5.74) is 3.11. The molecule has 0 aliphatic carbocycles. The maximum absolute atomic E-state index is 13.1. The Kier molecular flexibility index (Phi) is 5.92. The fourth-order valence-corrected chi connectivity index (χ4v) is 3.17. The molecule has 7 heteroatoms. The van der Waals surface area contributed by atoms with E-state index < -0.39 is 21.9 Å². The molecule has 0 spiro atoms. The molecular formula is C18H21FN2O3S. The van der Waals surface area contributed by atoms with E-state index in [1.54, 1.807) is 0 Å². The summed E-state index contributed by atoms with van der Waals surface area (Å²) in [6, 6.07) is 10.3. The summed E-state index contributed by atoms with van der Waals surface area (Å²) in [5.74, 6) is -0.763. The molecule has 2 aromatic rings. The Bertz CT molecular complexity index is 864. The van der Waals surface area contributed by atoms with Crippen LogP contribution in [0.25, 0.3) is 0 Å². The number of halogens is 1. The van der Waals surface area contributed by atoms with Gasteiger partial charge in [0, 0.05) is 12.1 Å². The minimum absolute atomic E-state index is 0.105. The summed E-state index contributed by atoms with van der Waals surface area (Å²) in [4.78, 5) is 12.4. The normalized spacial score (nSPS) is 12.6. The van der Waals surface area contributed by atoms with Crippen LogP contribution in [0.3, 0.4) is 0 Å². The van der Waals surface area contributed by atoms with Crippen LogP contribution in [0, 0.1) is 19.7 Å². The second-order valence-electron chi connectivity index (χ2n) is 6.06. The molecule has 0 aliphatic rings. The monoisotopic (exact) mass is 364 g/mol. The quantitative estimate of drug-likeness (QED) is 0.827. The SMILES string of the molecule is Cc1ccc(C)c(NC(=O)C[C@H](NS(C)(=O)=O)c2ccc(F)cc2)c1. The van der Waals surface area contributed by atoms with E-state index in [9.17, 15) is 17.6 Å². The summed E-state index contributed by atoms with van der Waals surface area (Å²) < 4.78 is 38.7. The second kappa shape index (κ2) is 7.76. The number of rotatable bonds is 6. The van der Waals surface area contributed by atoms with Crippen LogP contribution in [0.4, 0.5) is 10.1 Å². The molecule has 0 radical (unpaired) electrons. The largest absolute Gasteiger partial charge is 0.326 e. The lowest BCUT2D eigenvalue weighted by Crippen LogP contribution is -2.30. The molecule has 0 aromatic heterocycles. The lowest BCUT2D eigenvalue weighted by Gasteiger charge is -2.18. The van der Waals surface area contributed by atoms with Crippen molar-refractivity contribution < 1.29 is 17.6 Å². The number of hydrogen-bond acceptors (Lipinski definition) is 3. The molecule has 0 heterocycles. The average molecular weight is 364 g/mol. The smallest absolute Gasteiger partial charge is 0.226 e. The molecule has 0 unspecified atom stereocenters. The number of hydrogen-bond donors (Lipinski definition) is 2. The van der Waals surface area contributed by atoms with Gasteiger partial charge in [0.15, 0.2) is 0 Å². The van der Waals surface area contributed by atoms with Crippen LogP contribution in [-0.2, 0) is 14.8 Å². The van der Waals surface area contributed by atoms with Crippen molar-refractivity contribution in [1.82, 2.24) is 4.72 Å². The van der Waals surface area contributed by atoms with Gasteiger partial charge < -0.3 is 5.32 Å². The Morgan fingerprint density at radius 2 is 1.76 bits per heavy atom. The van der Waals surface area contributed by atoms with Crippen molar-refractivity contribution in [2.24, 2.45) is 0 Å². The Morgan fingerprint density at radius 1 is 1.12 bits per heavy atom. The predicted molar refractivity (Wildman–Crippen MR) is 96.3 cm³/mol. The van der Waals surface area contributed by atoms with Crippen molar-refractivity contribution in [1.29, 1.82) is 0 Å². The molecule has 0 saturated carbocycles. The third-order valence-corrected chi connectivity index (χ3v) is 4.40. The number of anilines is 1. The molecular weight excluding hydrogens is 343 g/mol. The van der Waals surface area contributed by atoms with Crippen LogP contribution in [0.2, 0.25) is 0 Å². The highest BCUT2D eigenvalue weighted by Gasteiger charge is 2.20. The molecule has 134 valence electrons. The van der Waals surface area contributed by atoms with Gasteiger partial charge in [-0.1, -0.05) is 24.3 Å². The van der Waals surface area contributed by atoms with Gasteiger partial charge in [0.25, 0.3) is 0 Å². The molecule has 2 rings (SSSR count). The molecule has 2 aromatic carbocycles. The van der Waals surface area contributed by atoms with Crippen LogP contribution < -0.4 is 10.0 Å². The fraction of sp³-hybridized carbons (Fsp3) is 0.278. The maximum atomic E-state index is 13.1. The van der Waals surface area contributed by atoms with E-state index in [1.165, 1.54) is 24.3 Å². The minimum Gasteiger partial charge on any atom is -0.326 e. The van der Waals surface area contributed by atoms with E-state index in [-0.39, 0.29) is 12.3 Å². The summed E-state index contributed by atoms with van der Waals surface area (Å²) in [7, 11) is -3.54. The van der Waals surface area contributed by atoms with Crippen LogP contribution in [0.15, 0.2) is 42.5 Å². The number of aryl methyl sites for hydroxylation is 2. The standard InChI is InChI=1S/C18H21FN2O3S/c1-12-4-5-13(2)16(10-12)20-18(22)11-17(21-25(3,23)24)14-6-8-15(19)9-7-14/h4-10,17,21H,11H2,1-3H3,(H,20,22)/t17-/m0/s1. The number of benzene rings is 2. The summed E-state index contributed by atoms with van der Waals surface area (Å²) >= 11 is 0. The van der Waals surface area contributed by atoms with Gasteiger partial charge in [-0.3, -0.25) is 4.79 Å². The third-order valence-electron chi connectivity index (χ3n) is 3.69. The van der Waals surface area contributed by atoms with E-state index in [1.807, 2.05) is 32.0 Å². The van der Waals surface area contributed by atoms with Crippen molar-refractivity contribution >= 4 is 21.6 Å². The lowest BCUT2D eigenvalue weighted by molar-refractivity contribution is -0.116. The molecule has 0 fully saturated rings. The van der Waals surface area contributed by atoms with Gasteiger partial charge in [-0.2, -0.15) is 0 Å². The van der Waals surface area contributed by atoms with E-state index in [2.05, 4.69) is 10.0 Å². The van der Waals surface area contributed by atoms with Crippen LogP contribution in [-0.4, -0.2) is 20.6 Å². The lowest BCUT2D eigenvalue weighted by atomic mass is 10.0. The molecule has 0 aliphatic heterocycles. The van der Waals surface area contributed by atoms with E-state index >= 15 is 0 Å². The van der Waals surface area contributed by atoms with Crippen LogP contribution in [0.1, 0.15) is 29.2 Å². The maximum Gasteiger partial charge on any atom is 0.226 e. The van der Waals surface area contributed by atoms with Gasteiger partial charge in [-0.05, 0) is 48.7 Å². The molecule has 5 nitrogen and oxygen atoms in total. The van der Waals surface area contributed by atoms with E-state index in [0.29, 0.717) is 11.3 Å². The van der Waals surface area contributed by atoms with Crippen molar-refractivity contribution in [2.45, 2.75) is 26.3 Å². The summed E-state index contributed by atoms with van der Waals surface area (Å²) in [6.07, 6.45) is 0.915. The molecule has 25 heavy (non-hydrogen) atoms. The van der Waals surface area contributed by atoms with Gasteiger partial charge in [-0.25, -0.2) is 17.5 Å². The average Bonchev–Trinajstić information content (AvgIpc) is 2.49. The summed E-state index contributed by atoms with van der Waals surface area (Å²) in [6.45, 7) is 3.79. The highest BCUT2D eigenvalue weighted by atomic mass is 32.2. The highest BCUT2D eigenvalue weighted by molar-refractivity contribution is 7.88. The van der Waals surface area contributed by atoms with Crippen molar-refractivity contribution in [3.05, 3.63) is 65.0 Å². The molecule has 1 amide bonds. The zero-order chi connectivity index (χ0) is 18.6. The second-order valence-corrected chi connectivity index (χ2v) is 7.84. The topological polar surface area (TPSA) is 75.3 Å². The number of carbonyl (C=O) groups excluding carboxylic acids is 1. The zero-order valence-electron chi connectivity index (χ0n) is 14.3. The Labute approximate surface area is 147 Å². The van der Waals surface area contributed by atoms with Crippen molar-refractivity contribution in [3.63, 3.8) is 0 Å². The van der Waals surface area contributed by atoms with Crippen LogP contribution >= 0.6 is 0 Å². The number of carbonyl (C=O) groups is 1. The molecule has 1 atom stereocenters. The van der Waals surface area contributed by atoms with Gasteiger partial charge in [0.05, 0.1) is 12.3 Å². The first-order valence-electron chi connectivity index (χ1n) is 7.74. The van der Waals surface area contributed by atoms with Gasteiger partial charge in [0.2, 0.25) is 15.9 Å². The predicted octanol–water partition coefficient (Wildman–Crippen LogP) is 3.06. The Balaban J connectivity index is 2.19. The van der Waals surface area contributed by atoms with Gasteiger partial charge in [0.1, 0.15) is 5.82 Å². The number of amides is 1. The zero-order valence-corrected chi connectivity index (χ0v) is 15.2. The minimum atomic E-state index is -3.54. The van der Waals surface area contributed by atoms with Crippen molar-refractivity contribution in [3.8, 4) is 0 Å². The third kappa shape index (κ3) is 5.95. The Hall–Kier alpha value is -2.25. The van der Waals surface area contributed by atoms with E-state index in [0.717, 1.165) is 17.4 Å². The Morgan fingerprint density at radius 3 is 2.36 bits per heavy atom. The van der Waals surface area contributed by atoms with Gasteiger partial charge >= 0.3 is 0 Å².